The van der Waals surface area contributed by atoms with E-state index in [1.807, 2.05) is 0 Å². The molecule has 0 radical (unpaired) electrons. The zero-order chi connectivity index (χ0) is 27.8. The fraction of sp³-hybridized carbons (Fsp3) is 0.273. The fourth-order valence-electron chi connectivity index (χ4n) is 4.80. The van der Waals surface area contributed by atoms with E-state index in [2.05, 4.69) is 56.1 Å². The van der Waals surface area contributed by atoms with Crippen LogP contribution < -0.4 is 28.4 Å². The Labute approximate surface area is 231 Å². The predicted molar refractivity (Wildman–Crippen MR) is 154 cm³/mol. The summed E-state index contributed by atoms with van der Waals surface area (Å²) in [4.78, 5) is 0. The fourth-order valence-corrected chi connectivity index (χ4v) is 4.80. The number of benzene rings is 3. The van der Waals surface area contributed by atoms with Crippen molar-refractivity contribution in [3.05, 3.63) is 108 Å². The van der Waals surface area contributed by atoms with E-state index in [0.29, 0.717) is 73.6 Å². The summed E-state index contributed by atoms with van der Waals surface area (Å²) >= 11 is 0. The van der Waals surface area contributed by atoms with Gasteiger partial charge in [-0.15, -0.1) is 0 Å². The molecule has 0 bridgehead atoms. The average molecular weight is 529 g/mol. The molecular weight excluding hydrogens is 492 g/mol. The summed E-state index contributed by atoms with van der Waals surface area (Å²) in [7, 11) is 4.97. The summed E-state index contributed by atoms with van der Waals surface area (Å²) in [6, 6.07) is 12.4. The van der Waals surface area contributed by atoms with Crippen molar-refractivity contribution in [1.29, 1.82) is 0 Å². The van der Waals surface area contributed by atoms with Gasteiger partial charge in [0.1, 0.15) is 19.8 Å². The van der Waals surface area contributed by atoms with Crippen molar-refractivity contribution in [2.45, 2.75) is 19.3 Å². The zero-order valence-electron chi connectivity index (χ0n) is 23.0. The van der Waals surface area contributed by atoms with E-state index in [-0.39, 0.29) is 0 Å². The maximum absolute atomic E-state index is 5.96. The van der Waals surface area contributed by atoms with Crippen LogP contribution in [0.4, 0.5) is 0 Å². The lowest BCUT2D eigenvalue weighted by Gasteiger charge is -2.18. The number of fused-ring (bicyclic) bond motifs is 3. The van der Waals surface area contributed by atoms with Crippen LogP contribution in [0.1, 0.15) is 33.4 Å². The Morgan fingerprint density at radius 1 is 0.462 bits per heavy atom. The second-order valence-electron chi connectivity index (χ2n) is 9.14. The van der Waals surface area contributed by atoms with Gasteiger partial charge in [0.25, 0.3) is 0 Å². The van der Waals surface area contributed by atoms with E-state index < -0.39 is 0 Å². The second kappa shape index (κ2) is 13.0. The van der Waals surface area contributed by atoms with E-state index in [0.717, 1.165) is 33.4 Å². The van der Waals surface area contributed by atoms with E-state index in [9.17, 15) is 0 Å². The molecule has 4 rings (SSSR count). The molecule has 39 heavy (non-hydrogen) atoms. The largest absolute Gasteiger partial charge is 0.493 e. The number of methoxy groups -OCH3 is 3. The van der Waals surface area contributed by atoms with E-state index in [1.54, 1.807) is 39.6 Å². The quantitative estimate of drug-likeness (QED) is 0.196. The third-order valence-corrected chi connectivity index (χ3v) is 6.67. The molecule has 0 heterocycles. The van der Waals surface area contributed by atoms with Gasteiger partial charge in [-0.2, -0.15) is 0 Å². The standard InChI is InChI=1S/C33H36O6/c1-7-10-37-31-19-25-13-23-17-29(35-5)33(39-12-9-3)21-27(23)15-24-18-30(36-6)32(38-11-8-2)20-26(24)14-22(25)16-28(31)34-4/h7-9,16-21H,1-3,10-15H2,4-6H3. The Morgan fingerprint density at radius 2 is 0.692 bits per heavy atom. The Balaban J connectivity index is 1.95. The highest BCUT2D eigenvalue weighted by atomic mass is 16.5. The molecule has 204 valence electrons. The van der Waals surface area contributed by atoms with Gasteiger partial charge in [-0.3, -0.25) is 0 Å². The second-order valence-corrected chi connectivity index (χ2v) is 9.14. The summed E-state index contributed by atoms with van der Waals surface area (Å²) in [5.41, 5.74) is 6.81. The molecular formula is C33H36O6. The van der Waals surface area contributed by atoms with Crippen molar-refractivity contribution in [2.75, 3.05) is 41.2 Å². The maximum atomic E-state index is 5.96. The normalized spacial score (nSPS) is 11.8. The summed E-state index contributed by atoms with van der Waals surface area (Å²) in [6.45, 7) is 12.5. The molecule has 3 aromatic rings. The van der Waals surface area contributed by atoms with E-state index in [4.69, 9.17) is 28.4 Å². The summed E-state index contributed by atoms with van der Waals surface area (Å²) in [5.74, 6) is 4.08. The number of hydrogen-bond acceptors (Lipinski definition) is 6. The zero-order valence-corrected chi connectivity index (χ0v) is 23.0. The van der Waals surface area contributed by atoms with Gasteiger partial charge in [0.15, 0.2) is 34.5 Å². The van der Waals surface area contributed by atoms with Crippen LogP contribution in [0.15, 0.2) is 74.4 Å². The first kappa shape index (κ1) is 27.7. The van der Waals surface area contributed by atoms with Crippen molar-refractivity contribution in [3.63, 3.8) is 0 Å². The molecule has 0 aromatic heterocycles. The molecule has 0 amide bonds. The van der Waals surface area contributed by atoms with Crippen LogP contribution in [0.2, 0.25) is 0 Å². The van der Waals surface area contributed by atoms with Crippen molar-refractivity contribution < 1.29 is 28.4 Å². The van der Waals surface area contributed by atoms with Gasteiger partial charge < -0.3 is 28.4 Å². The molecule has 0 saturated heterocycles. The molecule has 0 aliphatic heterocycles. The highest BCUT2D eigenvalue weighted by Crippen LogP contribution is 2.40. The van der Waals surface area contributed by atoms with Crippen LogP contribution in [-0.2, 0) is 19.3 Å². The maximum Gasteiger partial charge on any atom is 0.161 e. The minimum Gasteiger partial charge on any atom is -0.493 e. The van der Waals surface area contributed by atoms with Gasteiger partial charge in [-0.05, 0) is 89.0 Å². The predicted octanol–water partition coefficient (Wildman–Crippen LogP) is 6.49. The smallest absolute Gasteiger partial charge is 0.161 e. The molecule has 0 fully saturated rings. The SMILES string of the molecule is C=CCOc1cc2c(cc1OC)Cc1cc(OCC=C)c(OC)cc1Cc1cc(OCC=C)c(OC)cc1C2. The molecule has 0 spiro atoms. The van der Waals surface area contributed by atoms with Crippen LogP contribution in [-0.4, -0.2) is 41.2 Å². The molecule has 0 N–H and O–H groups in total. The lowest BCUT2D eigenvalue weighted by atomic mass is 9.94. The third kappa shape index (κ3) is 6.23. The molecule has 0 atom stereocenters. The van der Waals surface area contributed by atoms with Gasteiger partial charge in [0.2, 0.25) is 0 Å². The Morgan fingerprint density at radius 3 is 0.897 bits per heavy atom. The van der Waals surface area contributed by atoms with Crippen LogP contribution in [0, 0.1) is 0 Å². The highest BCUT2D eigenvalue weighted by Gasteiger charge is 2.22. The van der Waals surface area contributed by atoms with E-state index >= 15 is 0 Å². The minimum absolute atomic E-state index is 0.385. The Bertz CT molecular complexity index is 1190. The third-order valence-electron chi connectivity index (χ3n) is 6.67. The minimum atomic E-state index is 0.385. The first-order valence-electron chi connectivity index (χ1n) is 12.9. The molecule has 1 aliphatic rings. The van der Waals surface area contributed by atoms with Crippen LogP contribution >= 0.6 is 0 Å². The average Bonchev–Trinajstić information content (AvgIpc) is 3.01. The number of rotatable bonds is 12. The van der Waals surface area contributed by atoms with E-state index in [1.165, 1.54) is 0 Å². The summed E-state index contributed by atoms with van der Waals surface area (Å²) in [6.07, 6.45) is 7.22. The van der Waals surface area contributed by atoms with Crippen molar-refractivity contribution >= 4 is 0 Å². The molecule has 0 saturated carbocycles. The summed E-state index contributed by atoms with van der Waals surface area (Å²) in [5, 5.41) is 0. The molecule has 1 aliphatic carbocycles. The molecule has 0 unspecified atom stereocenters. The Kier molecular flexibility index (Phi) is 9.21. The first-order valence-corrected chi connectivity index (χ1v) is 12.9. The first-order chi connectivity index (χ1) is 19.0. The topological polar surface area (TPSA) is 55.4 Å². The highest BCUT2D eigenvalue weighted by molar-refractivity contribution is 5.58. The number of hydrogen-bond donors (Lipinski definition) is 0. The molecule has 6 heteroatoms. The lowest BCUT2D eigenvalue weighted by molar-refractivity contribution is 0.325. The van der Waals surface area contributed by atoms with Crippen LogP contribution in [0.5, 0.6) is 34.5 Å². The Hall–Kier alpha value is -4.32. The van der Waals surface area contributed by atoms with Gasteiger partial charge >= 0.3 is 0 Å². The van der Waals surface area contributed by atoms with Crippen molar-refractivity contribution in [1.82, 2.24) is 0 Å². The van der Waals surface area contributed by atoms with Gasteiger partial charge in [0.05, 0.1) is 21.3 Å². The lowest BCUT2D eigenvalue weighted by Crippen LogP contribution is -2.04. The van der Waals surface area contributed by atoms with Crippen LogP contribution in [0.25, 0.3) is 0 Å². The van der Waals surface area contributed by atoms with Crippen molar-refractivity contribution in [2.24, 2.45) is 0 Å². The number of ether oxygens (including phenoxy) is 6. The van der Waals surface area contributed by atoms with Crippen molar-refractivity contribution in [3.8, 4) is 34.5 Å². The monoisotopic (exact) mass is 528 g/mol. The van der Waals surface area contributed by atoms with Gasteiger partial charge in [-0.25, -0.2) is 0 Å². The van der Waals surface area contributed by atoms with Gasteiger partial charge in [-0.1, -0.05) is 38.0 Å². The van der Waals surface area contributed by atoms with Gasteiger partial charge in [0, 0.05) is 0 Å². The molecule has 6 nitrogen and oxygen atoms in total. The summed E-state index contributed by atoms with van der Waals surface area (Å²) < 4.78 is 35.0. The van der Waals surface area contributed by atoms with Crippen LogP contribution in [0.3, 0.4) is 0 Å². The molecule has 3 aromatic carbocycles.